The summed E-state index contributed by atoms with van der Waals surface area (Å²) in [7, 11) is 0. The minimum atomic E-state index is -1.55. The summed E-state index contributed by atoms with van der Waals surface area (Å²) in [5.74, 6) is -0.358. The van der Waals surface area contributed by atoms with E-state index in [4.69, 9.17) is 5.11 Å². The van der Waals surface area contributed by atoms with Crippen LogP contribution in [0.2, 0.25) is 0 Å². The second-order valence-corrected chi connectivity index (χ2v) is 8.05. The van der Waals surface area contributed by atoms with Crippen molar-refractivity contribution in [2.75, 3.05) is 6.61 Å². The van der Waals surface area contributed by atoms with Crippen LogP contribution in [0.5, 0.6) is 0 Å². The van der Waals surface area contributed by atoms with Gasteiger partial charge in [0.15, 0.2) is 5.78 Å². The molecule has 0 aliphatic carbocycles. The number of ketones is 2. The van der Waals surface area contributed by atoms with E-state index in [2.05, 4.69) is 6.92 Å². The molecule has 0 saturated heterocycles. The number of carbonyl (C=O) groups excluding carboxylic acids is 2. The van der Waals surface area contributed by atoms with E-state index >= 15 is 0 Å². The molecule has 0 saturated carbocycles. The number of unbranched alkanes of at least 4 members (excludes halogenated alkanes) is 12. The fraction of sp³-hybridized carbons (Fsp3) is 0.913. The SMILES string of the molecule is CCCCCCCCCCCCCCCC(=O)CCCC(=O)C(O)C(O)CO. The van der Waals surface area contributed by atoms with Gasteiger partial charge in [0, 0.05) is 19.3 Å². The van der Waals surface area contributed by atoms with E-state index in [1.54, 1.807) is 0 Å². The minimum Gasteiger partial charge on any atom is -0.394 e. The van der Waals surface area contributed by atoms with Crippen LogP contribution in [0.25, 0.3) is 0 Å². The lowest BCUT2D eigenvalue weighted by Gasteiger charge is -2.13. The maximum Gasteiger partial charge on any atom is 0.164 e. The van der Waals surface area contributed by atoms with Crippen LogP contribution in [0.15, 0.2) is 0 Å². The lowest BCUT2D eigenvalue weighted by molar-refractivity contribution is -0.134. The second kappa shape index (κ2) is 19.5. The Bertz CT molecular complexity index is 383. The molecule has 28 heavy (non-hydrogen) atoms. The van der Waals surface area contributed by atoms with Crippen LogP contribution in [0.1, 0.15) is 116 Å². The number of hydrogen-bond acceptors (Lipinski definition) is 5. The number of hydrogen-bond donors (Lipinski definition) is 3. The summed E-state index contributed by atoms with van der Waals surface area (Å²) in [5, 5.41) is 27.3. The third-order valence-electron chi connectivity index (χ3n) is 5.32. The van der Waals surface area contributed by atoms with Gasteiger partial charge in [0.25, 0.3) is 0 Å². The average Bonchev–Trinajstić information content (AvgIpc) is 2.70. The Kier molecular flexibility index (Phi) is 19.0. The molecule has 0 fully saturated rings. The predicted octanol–water partition coefficient (Wildman–Crippen LogP) is 4.49. The zero-order valence-corrected chi connectivity index (χ0v) is 18.0. The Hall–Kier alpha value is -0.780. The molecular weight excluding hydrogens is 356 g/mol. The molecule has 3 N–H and O–H groups in total. The van der Waals surface area contributed by atoms with Gasteiger partial charge in [-0.15, -0.1) is 0 Å². The molecule has 5 nitrogen and oxygen atoms in total. The van der Waals surface area contributed by atoms with Gasteiger partial charge in [-0.3, -0.25) is 9.59 Å². The van der Waals surface area contributed by atoms with Gasteiger partial charge in [-0.05, 0) is 12.8 Å². The van der Waals surface area contributed by atoms with E-state index in [9.17, 15) is 19.8 Å². The van der Waals surface area contributed by atoms with Crippen LogP contribution < -0.4 is 0 Å². The first kappa shape index (κ1) is 27.2. The van der Waals surface area contributed by atoms with Gasteiger partial charge in [-0.2, -0.15) is 0 Å². The largest absolute Gasteiger partial charge is 0.394 e. The van der Waals surface area contributed by atoms with Crippen molar-refractivity contribution >= 4 is 11.6 Å². The molecule has 0 aromatic heterocycles. The molecule has 0 amide bonds. The van der Waals surface area contributed by atoms with Gasteiger partial charge in [0.05, 0.1) is 6.61 Å². The zero-order chi connectivity index (χ0) is 21.0. The van der Waals surface area contributed by atoms with Gasteiger partial charge in [-0.25, -0.2) is 0 Å². The van der Waals surface area contributed by atoms with Crippen molar-refractivity contribution in [1.82, 2.24) is 0 Å². The zero-order valence-electron chi connectivity index (χ0n) is 18.0. The quantitative estimate of drug-likeness (QED) is 0.247. The van der Waals surface area contributed by atoms with Crippen molar-refractivity contribution in [2.45, 2.75) is 128 Å². The summed E-state index contributed by atoms with van der Waals surface area (Å²) in [6, 6.07) is 0. The fourth-order valence-electron chi connectivity index (χ4n) is 3.39. The number of aliphatic hydroxyl groups excluding tert-OH is 3. The number of carbonyl (C=O) groups is 2. The van der Waals surface area contributed by atoms with Crippen LogP contribution in [0.4, 0.5) is 0 Å². The van der Waals surface area contributed by atoms with Crippen molar-refractivity contribution < 1.29 is 24.9 Å². The van der Waals surface area contributed by atoms with Gasteiger partial charge < -0.3 is 15.3 Å². The molecule has 0 spiro atoms. The highest BCUT2D eigenvalue weighted by Gasteiger charge is 2.22. The highest BCUT2D eigenvalue weighted by atomic mass is 16.4. The predicted molar refractivity (Wildman–Crippen MR) is 113 cm³/mol. The molecule has 166 valence electrons. The molecule has 0 aromatic carbocycles. The molecule has 0 heterocycles. The van der Waals surface area contributed by atoms with E-state index in [-0.39, 0.29) is 12.2 Å². The van der Waals surface area contributed by atoms with Crippen molar-refractivity contribution in [2.24, 2.45) is 0 Å². The summed E-state index contributed by atoms with van der Waals surface area (Å²) in [6.45, 7) is 1.60. The van der Waals surface area contributed by atoms with E-state index in [1.807, 2.05) is 0 Å². The van der Waals surface area contributed by atoms with Crippen LogP contribution in [-0.4, -0.2) is 45.7 Å². The molecule has 0 rings (SSSR count). The molecule has 2 atom stereocenters. The number of Topliss-reactive ketones (excluding diaryl/α,β-unsaturated/α-hetero) is 2. The van der Waals surface area contributed by atoms with Gasteiger partial charge in [0.1, 0.15) is 18.0 Å². The van der Waals surface area contributed by atoms with Gasteiger partial charge in [0.2, 0.25) is 0 Å². The molecule has 0 aliphatic heterocycles. The summed E-state index contributed by atoms with van der Waals surface area (Å²) < 4.78 is 0. The topological polar surface area (TPSA) is 94.8 Å². The fourth-order valence-corrected chi connectivity index (χ4v) is 3.39. The Morgan fingerprint density at radius 3 is 1.54 bits per heavy atom. The Morgan fingerprint density at radius 2 is 1.07 bits per heavy atom. The third-order valence-corrected chi connectivity index (χ3v) is 5.32. The van der Waals surface area contributed by atoms with Gasteiger partial charge in [-0.1, -0.05) is 84.0 Å². The van der Waals surface area contributed by atoms with Crippen LogP contribution in [0, 0.1) is 0 Å². The van der Waals surface area contributed by atoms with Crippen molar-refractivity contribution in [1.29, 1.82) is 0 Å². The van der Waals surface area contributed by atoms with Crippen LogP contribution in [-0.2, 0) is 9.59 Å². The molecular formula is C23H44O5. The normalized spacial score (nSPS) is 13.4. The summed E-state index contributed by atoms with van der Waals surface area (Å²) >= 11 is 0. The lowest BCUT2D eigenvalue weighted by atomic mass is 10.0. The smallest absolute Gasteiger partial charge is 0.164 e. The number of aliphatic hydroxyl groups is 3. The number of rotatable bonds is 21. The molecule has 5 heteroatoms. The maximum atomic E-state index is 11.8. The Labute approximate surface area is 171 Å². The van der Waals surface area contributed by atoms with Crippen molar-refractivity contribution in [3.8, 4) is 0 Å². The standard InChI is InChI=1S/C23H44O5/c1-2-3-4-5-6-7-8-9-10-11-12-13-14-16-20(25)17-15-18-21(26)23(28)22(27)19-24/h22-24,27-28H,2-19H2,1H3. The van der Waals surface area contributed by atoms with Crippen molar-refractivity contribution in [3.05, 3.63) is 0 Å². The van der Waals surface area contributed by atoms with Crippen LogP contribution in [0.3, 0.4) is 0 Å². The van der Waals surface area contributed by atoms with E-state index in [1.165, 1.54) is 70.6 Å². The highest BCUT2D eigenvalue weighted by Crippen LogP contribution is 2.13. The summed E-state index contributed by atoms with van der Waals surface area (Å²) in [4.78, 5) is 23.4. The molecule has 0 bridgehead atoms. The second-order valence-electron chi connectivity index (χ2n) is 8.05. The molecule has 0 aliphatic rings. The lowest BCUT2D eigenvalue weighted by Crippen LogP contribution is -2.36. The first-order chi connectivity index (χ1) is 13.5. The summed E-state index contributed by atoms with van der Waals surface area (Å²) in [6.07, 6.45) is 15.0. The first-order valence-corrected chi connectivity index (χ1v) is 11.5. The third kappa shape index (κ3) is 16.2. The monoisotopic (exact) mass is 400 g/mol. The molecule has 2 unspecified atom stereocenters. The minimum absolute atomic E-state index is 0.0581. The average molecular weight is 401 g/mol. The molecule has 0 aromatic rings. The molecule has 0 radical (unpaired) electrons. The van der Waals surface area contributed by atoms with Gasteiger partial charge >= 0.3 is 0 Å². The first-order valence-electron chi connectivity index (χ1n) is 11.5. The van der Waals surface area contributed by atoms with E-state index < -0.39 is 24.6 Å². The van der Waals surface area contributed by atoms with Crippen molar-refractivity contribution in [3.63, 3.8) is 0 Å². The maximum absolute atomic E-state index is 11.8. The van der Waals surface area contributed by atoms with E-state index in [0.717, 1.165) is 12.8 Å². The summed E-state index contributed by atoms with van der Waals surface area (Å²) in [5.41, 5.74) is 0. The van der Waals surface area contributed by atoms with Crippen LogP contribution >= 0.6 is 0 Å². The highest BCUT2D eigenvalue weighted by molar-refractivity contribution is 5.84. The Morgan fingerprint density at radius 1 is 0.643 bits per heavy atom. The Balaban J connectivity index is 3.38. The van der Waals surface area contributed by atoms with E-state index in [0.29, 0.717) is 19.3 Å².